The molecule has 6 nitrogen and oxygen atoms in total. The van der Waals surface area contributed by atoms with Crippen molar-refractivity contribution in [3.8, 4) is 0 Å². The van der Waals surface area contributed by atoms with Crippen molar-refractivity contribution in [2.75, 3.05) is 17.7 Å². The molecule has 1 fully saturated rings. The zero-order chi connectivity index (χ0) is 20.1. The standard InChI is InChI=1S/C20H24ClN3O3S/c1-12-8-14(21)9-13-6-7-24(20(25)19(12)13)18-11-22-10-16-15(18)4-3-5-17(16)23-28(2,26)27/h8-12,17,19,23H,3-7H2,1-2H3. The lowest BCUT2D eigenvalue weighted by atomic mass is 9.78. The molecular formula is C20H24ClN3O3S. The molecule has 1 saturated heterocycles. The molecule has 0 saturated carbocycles. The van der Waals surface area contributed by atoms with Crippen molar-refractivity contribution in [1.29, 1.82) is 0 Å². The number of aromatic nitrogens is 1. The molecule has 0 radical (unpaired) electrons. The van der Waals surface area contributed by atoms with E-state index in [0.29, 0.717) is 11.6 Å². The average molecular weight is 422 g/mol. The molecule has 28 heavy (non-hydrogen) atoms. The van der Waals surface area contributed by atoms with E-state index in [9.17, 15) is 13.2 Å². The van der Waals surface area contributed by atoms with Crippen molar-refractivity contribution in [2.45, 2.75) is 38.6 Å². The number of amides is 1. The van der Waals surface area contributed by atoms with E-state index in [1.807, 2.05) is 24.0 Å². The molecule has 1 aliphatic heterocycles. The third-order valence-corrected chi connectivity index (χ3v) is 6.78. The summed E-state index contributed by atoms with van der Waals surface area (Å²) in [5.41, 5.74) is 3.81. The molecule has 4 rings (SSSR count). The highest BCUT2D eigenvalue weighted by Gasteiger charge is 2.39. The number of carbonyl (C=O) groups is 1. The Kier molecular flexibility index (Phi) is 5.10. The highest BCUT2D eigenvalue weighted by molar-refractivity contribution is 7.88. The summed E-state index contributed by atoms with van der Waals surface area (Å²) in [5, 5.41) is 0.702. The quantitative estimate of drug-likeness (QED) is 0.813. The van der Waals surface area contributed by atoms with Crippen LogP contribution >= 0.6 is 11.6 Å². The van der Waals surface area contributed by atoms with E-state index < -0.39 is 10.0 Å². The predicted octanol–water partition coefficient (Wildman–Crippen LogP) is 3.06. The van der Waals surface area contributed by atoms with Gasteiger partial charge < -0.3 is 4.90 Å². The number of allylic oxidation sites excluding steroid dienone is 3. The second-order valence-corrected chi connectivity index (χ2v) is 10.1. The van der Waals surface area contributed by atoms with E-state index in [2.05, 4.69) is 9.71 Å². The van der Waals surface area contributed by atoms with Gasteiger partial charge in [0.1, 0.15) is 0 Å². The van der Waals surface area contributed by atoms with Gasteiger partial charge in [-0.2, -0.15) is 0 Å². The summed E-state index contributed by atoms with van der Waals surface area (Å²) in [4.78, 5) is 19.5. The molecule has 1 amide bonds. The maximum Gasteiger partial charge on any atom is 0.234 e. The van der Waals surface area contributed by atoms with E-state index in [-0.39, 0.29) is 23.8 Å². The van der Waals surface area contributed by atoms with Crippen LogP contribution in [0.2, 0.25) is 0 Å². The highest BCUT2D eigenvalue weighted by Crippen LogP contribution is 2.41. The van der Waals surface area contributed by atoms with Gasteiger partial charge in [0.15, 0.2) is 0 Å². The number of hydrogen-bond donors (Lipinski definition) is 1. The van der Waals surface area contributed by atoms with Crippen LogP contribution < -0.4 is 9.62 Å². The van der Waals surface area contributed by atoms with Crippen molar-refractivity contribution in [3.05, 3.63) is 46.3 Å². The van der Waals surface area contributed by atoms with Crippen LogP contribution in [0.3, 0.4) is 0 Å². The summed E-state index contributed by atoms with van der Waals surface area (Å²) in [6.45, 7) is 2.60. The number of fused-ring (bicyclic) bond motifs is 2. The number of anilines is 1. The third-order valence-electron chi connectivity index (χ3n) is 5.84. The highest BCUT2D eigenvalue weighted by atomic mass is 35.5. The number of piperidine rings is 1. The molecular weight excluding hydrogens is 398 g/mol. The molecule has 2 aliphatic carbocycles. The van der Waals surface area contributed by atoms with Crippen molar-refractivity contribution < 1.29 is 13.2 Å². The van der Waals surface area contributed by atoms with Gasteiger partial charge in [0, 0.05) is 23.8 Å². The lowest BCUT2D eigenvalue weighted by Gasteiger charge is -2.39. The number of pyridine rings is 1. The monoisotopic (exact) mass is 421 g/mol. The smallest absolute Gasteiger partial charge is 0.234 e. The Balaban J connectivity index is 1.69. The summed E-state index contributed by atoms with van der Waals surface area (Å²) < 4.78 is 26.2. The molecule has 1 aromatic rings. The van der Waals surface area contributed by atoms with Crippen LogP contribution in [0.25, 0.3) is 0 Å². The largest absolute Gasteiger partial charge is 0.310 e. The van der Waals surface area contributed by atoms with Gasteiger partial charge in [-0.25, -0.2) is 13.1 Å². The Morgan fingerprint density at radius 3 is 2.82 bits per heavy atom. The zero-order valence-electron chi connectivity index (χ0n) is 16.0. The average Bonchev–Trinajstić information content (AvgIpc) is 2.60. The van der Waals surface area contributed by atoms with Crippen molar-refractivity contribution in [3.63, 3.8) is 0 Å². The van der Waals surface area contributed by atoms with Crippen LogP contribution in [0.1, 0.15) is 43.4 Å². The minimum absolute atomic E-state index is 0.0509. The van der Waals surface area contributed by atoms with Gasteiger partial charge in [0.2, 0.25) is 15.9 Å². The Hall–Kier alpha value is -1.70. The van der Waals surface area contributed by atoms with E-state index in [4.69, 9.17) is 11.6 Å². The maximum atomic E-state index is 13.3. The lowest BCUT2D eigenvalue weighted by molar-refractivity contribution is -0.123. The van der Waals surface area contributed by atoms with Crippen LogP contribution in [0, 0.1) is 11.8 Å². The minimum atomic E-state index is -3.33. The van der Waals surface area contributed by atoms with E-state index in [1.54, 1.807) is 12.4 Å². The fourth-order valence-electron chi connectivity index (χ4n) is 4.69. The van der Waals surface area contributed by atoms with Gasteiger partial charge in [0.05, 0.1) is 24.1 Å². The molecule has 2 heterocycles. The first-order chi connectivity index (χ1) is 13.2. The molecule has 0 bridgehead atoms. The first-order valence-corrected chi connectivity index (χ1v) is 11.8. The first kappa shape index (κ1) is 19.6. The summed E-state index contributed by atoms with van der Waals surface area (Å²) in [6, 6.07) is -0.295. The number of rotatable bonds is 3. The second-order valence-electron chi connectivity index (χ2n) is 7.91. The molecule has 1 aromatic heterocycles. The molecule has 0 aromatic carbocycles. The van der Waals surface area contributed by atoms with Gasteiger partial charge >= 0.3 is 0 Å². The van der Waals surface area contributed by atoms with E-state index >= 15 is 0 Å². The van der Waals surface area contributed by atoms with Gasteiger partial charge in [-0.3, -0.25) is 9.78 Å². The summed E-state index contributed by atoms with van der Waals surface area (Å²) >= 11 is 6.19. The summed E-state index contributed by atoms with van der Waals surface area (Å²) in [5.74, 6) is -0.0746. The van der Waals surface area contributed by atoms with Gasteiger partial charge in [-0.15, -0.1) is 0 Å². The van der Waals surface area contributed by atoms with E-state index in [0.717, 1.165) is 48.1 Å². The van der Waals surface area contributed by atoms with Crippen molar-refractivity contribution in [2.24, 2.45) is 11.8 Å². The fraction of sp³-hybridized carbons (Fsp3) is 0.500. The Morgan fingerprint density at radius 1 is 1.29 bits per heavy atom. The van der Waals surface area contributed by atoms with Crippen LogP contribution in [-0.4, -0.2) is 32.1 Å². The topological polar surface area (TPSA) is 79.4 Å². The summed E-state index contributed by atoms with van der Waals surface area (Å²) in [7, 11) is -3.33. The second kappa shape index (κ2) is 7.28. The number of hydrogen-bond acceptors (Lipinski definition) is 4. The summed E-state index contributed by atoms with van der Waals surface area (Å²) in [6.07, 6.45) is 11.7. The Bertz CT molecular complexity index is 986. The predicted molar refractivity (Wildman–Crippen MR) is 110 cm³/mol. The number of halogens is 1. The SMILES string of the molecule is CC1C=C(Cl)C=C2CCN(c3cncc4c3CCCC4NS(C)(=O)=O)C(=O)C21. The van der Waals surface area contributed by atoms with Gasteiger partial charge in [-0.1, -0.05) is 30.2 Å². The maximum absolute atomic E-state index is 13.3. The lowest BCUT2D eigenvalue weighted by Crippen LogP contribution is -2.46. The number of sulfonamides is 1. The van der Waals surface area contributed by atoms with Crippen LogP contribution in [-0.2, 0) is 21.2 Å². The molecule has 3 aliphatic rings. The molecule has 3 atom stereocenters. The molecule has 1 N–H and O–H groups in total. The van der Waals surface area contributed by atoms with Gasteiger partial charge in [0.25, 0.3) is 0 Å². The molecule has 0 spiro atoms. The van der Waals surface area contributed by atoms with E-state index in [1.165, 1.54) is 6.26 Å². The van der Waals surface area contributed by atoms with Crippen LogP contribution in [0.4, 0.5) is 5.69 Å². The number of carbonyl (C=O) groups excluding carboxylic acids is 1. The number of nitrogens with one attached hydrogen (secondary N) is 1. The van der Waals surface area contributed by atoms with Crippen LogP contribution in [0.5, 0.6) is 0 Å². The van der Waals surface area contributed by atoms with Gasteiger partial charge in [-0.05, 0) is 48.8 Å². The van der Waals surface area contributed by atoms with Crippen molar-refractivity contribution in [1.82, 2.24) is 9.71 Å². The number of nitrogens with zero attached hydrogens (tertiary/aromatic N) is 2. The molecule has 3 unspecified atom stereocenters. The Morgan fingerprint density at radius 2 is 2.07 bits per heavy atom. The fourth-order valence-corrected chi connectivity index (χ4v) is 5.79. The molecule has 8 heteroatoms. The third kappa shape index (κ3) is 3.63. The first-order valence-electron chi connectivity index (χ1n) is 9.58. The normalized spacial score (nSPS) is 27.6. The Labute approximate surface area is 170 Å². The minimum Gasteiger partial charge on any atom is -0.310 e. The molecule has 150 valence electrons. The van der Waals surface area contributed by atoms with Crippen LogP contribution in [0.15, 0.2) is 35.2 Å². The zero-order valence-corrected chi connectivity index (χ0v) is 17.6. The van der Waals surface area contributed by atoms with Crippen molar-refractivity contribution >= 4 is 33.2 Å².